The summed E-state index contributed by atoms with van der Waals surface area (Å²) in [7, 11) is -4.63. The van der Waals surface area contributed by atoms with Gasteiger partial charge in [0.1, 0.15) is 12.2 Å². The number of hydrogen-bond acceptors (Lipinski definition) is 9. The third kappa shape index (κ3) is 41.5. The van der Waals surface area contributed by atoms with Crippen LogP contribution in [0.25, 0.3) is 0 Å². The van der Waals surface area contributed by atoms with Crippen LogP contribution >= 0.6 is 7.82 Å². The third-order valence-electron chi connectivity index (χ3n) is 10.8. The number of aliphatic hydroxyl groups is 2. The van der Waals surface area contributed by atoms with E-state index in [9.17, 15) is 29.3 Å². The van der Waals surface area contributed by atoms with Gasteiger partial charge in [-0.05, 0) is 12.8 Å². The predicted molar refractivity (Wildman–Crippen MR) is 233 cm³/mol. The SMILES string of the molecule is CCCCCCCCCCCCCCCCCCCC(=O)OC(CO)COP(=O)(O)OCC(CO)OC(=O)CCCCCCCCCCCCCCCCCCC. The number of carbonyl (C=O) groups is 2. The van der Waals surface area contributed by atoms with Crippen molar-refractivity contribution in [3.63, 3.8) is 0 Å². The second-order valence-electron chi connectivity index (χ2n) is 16.5. The Hall–Kier alpha value is -1.03. The fourth-order valence-electron chi connectivity index (χ4n) is 7.12. The summed E-state index contributed by atoms with van der Waals surface area (Å²) in [5, 5.41) is 19.2. The fourth-order valence-corrected chi connectivity index (χ4v) is 7.90. The molecule has 0 amide bonds. The molecule has 57 heavy (non-hydrogen) atoms. The summed E-state index contributed by atoms with van der Waals surface area (Å²) in [6.45, 7) is 2.27. The Labute approximate surface area is 350 Å². The van der Waals surface area contributed by atoms with E-state index in [4.69, 9.17) is 18.5 Å². The Kier molecular flexibility index (Phi) is 42.3. The monoisotopic (exact) mass is 835 g/mol. The van der Waals surface area contributed by atoms with Gasteiger partial charge in [-0.15, -0.1) is 0 Å². The molecule has 0 aromatic heterocycles. The molecule has 0 radical (unpaired) electrons. The van der Waals surface area contributed by atoms with Crippen LogP contribution < -0.4 is 0 Å². The largest absolute Gasteiger partial charge is 0.472 e. The number of carbonyl (C=O) groups excluding carboxylic acids is 2. The van der Waals surface area contributed by atoms with Crippen LogP contribution in [0.2, 0.25) is 0 Å². The molecule has 0 rings (SSSR count). The first-order valence-electron chi connectivity index (χ1n) is 24.0. The summed E-state index contributed by atoms with van der Waals surface area (Å²) in [4.78, 5) is 34.6. The van der Waals surface area contributed by atoms with Gasteiger partial charge in [0.05, 0.1) is 26.4 Å². The highest BCUT2D eigenvalue weighted by Gasteiger charge is 2.27. The quantitative estimate of drug-likeness (QED) is 0.0307. The van der Waals surface area contributed by atoms with Crippen LogP contribution in [-0.2, 0) is 32.7 Å². The lowest BCUT2D eigenvalue weighted by molar-refractivity contribution is -0.153. The van der Waals surface area contributed by atoms with Gasteiger partial charge in [0.2, 0.25) is 0 Å². The first-order chi connectivity index (χ1) is 27.8. The molecule has 0 saturated carbocycles. The first kappa shape index (κ1) is 56.0. The maximum Gasteiger partial charge on any atom is 0.472 e. The smallest absolute Gasteiger partial charge is 0.457 e. The molecular formula is C46H91O10P. The summed E-state index contributed by atoms with van der Waals surface area (Å²) in [6, 6.07) is 0. The molecule has 0 aromatic carbocycles. The molecule has 340 valence electrons. The number of aliphatic hydroxyl groups excluding tert-OH is 2. The summed E-state index contributed by atoms with van der Waals surface area (Å²) < 4.78 is 32.7. The Morgan fingerprint density at radius 3 is 0.825 bits per heavy atom. The van der Waals surface area contributed by atoms with Crippen molar-refractivity contribution in [1.29, 1.82) is 0 Å². The van der Waals surface area contributed by atoms with Gasteiger partial charge in [0.15, 0.2) is 0 Å². The van der Waals surface area contributed by atoms with E-state index in [1.807, 2.05) is 0 Å². The van der Waals surface area contributed by atoms with Gasteiger partial charge in [-0.3, -0.25) is 18.6 Å². The third-order valence-corrected chi connectivity index (χ3v) is 11.8. The zero-order chi connectivity index (χ0) is 41.9. The minimum Gasteiger partial charge on any atom is -0.457 e. The number of phosphoric acid groups is 1. The molecule has 11 heteroatoms. The van der Waals surface area contributed by atoms with Gasteiger partial charge in [0.25, 0.3) is 0 Å². The van der Waals surface area contributed by atoms with Crippen molar-refractivity contribution >= 4 is 19.8 Å². The molecule has 0 aliphatic carbocycles. The number of unbranched alkanes of at least 4 members (excludes halogenated alkanes) is 32. The van der Waals surface area contributed by atoms with E-state index in [2.05, 4.69) is 13.8 Å². The zero-order valence-electron chi connectivity index (χ0n) is 37.1. The summed E-state index contributed by atoms with van der Waals surface area (Å²) >= 11 is 0. The van der Waals surface area contributed by atoms with E-state index in [0.29, 0.717) is 12.8 Å². The van der Waals surface area contributed by atoms with Gasteiger partial charge >= 0.3 is 19.8 Å². The molecule has 0 spiro atoms. The molecule has 0 aliphatic heterocycles. The molecule has 2 atom stereocenters. The molecular weight excluding hydrogens is 743 g/mol. The van der Waals surface area contributed by atoms with Crippen LogP contribution in [0.1, 0.15) is 245 Å². The van der Waals surface area contributed by atoms with E-state index < -0.39 is 58.4 Å². The van der Waals surface area contributed by atoms with Crippen LogP contribution in [-0.4, -0.2) is 65.7 Å². The summed E-state index contributed by atoms with van der Waals surface area (Å²) in [5.41, 5.74) is 0. The van der Waals surface area contributed by atoms with Crippen LogP contribution in [0.4, 0.5) is 0 Å². The van der Waals surface area contributed by atoms with Crippen molar-refractivity contribution in [3.8, 4) is 0 Å². The first-order valence-corrected chi connectivity index (χ1v) is 25.5. The average Bonchev–Trinajstić information content (AvgIpc) is 3.20. The van der Waals surface area contributed by atoms with E-state index in [1.165, 1.54) is 167 Å². The number of phosphoric ester groups is 1. The van der Waals surface area contributed by atoms with Crippen molar-refractivity contribution in [3.05, 3.63) is 0 Å². The minimum absolute atomic E-state index is 0.200. The summed E-state index contributed by atoms with van der Waals surface area (Å²) in [6.07, 6.45) is 40.7. The Morgan fingerprint density at radius 1 is 0.404 bits per heavy atom. The van der Waals surface area contributed by atoms with Crippen molar-refractivity contribution in [2.75, 3.05) is 26.4 Å². The maximum absolute atomic E-state index is 12.4. The van der Waals surface area contributed by atoms with Crippen LogP contribution in [0, 0.1) is 0 Å². The second-order valence-corrected chi connectivity index (χ2v) is 17.9. The van der Waals surface area contributed by atoms with Gasteiger partial charge in [-0.1, -0.05) is 219 Å². The Morgan fingerprint density at radius 2 is 0.614 bits per heavy atom. The topological polar surface area (TPSA) is 149 Å². The summed E-state index contributed by atoms with van der Waals surface area (Å²) in [5.74, 6) is -1.00. The van der Waals surface area contributed by atoms with Gasteiger partial charge < -0.3 is 24.6 Å². The second kappa shape index (κ2) is 43.1. The lowest BCUT2D eigenvalue weighted by atomic mass is 10.0. The van der Waals surface area contributed by atoms with Crippen molar-refractivity contribution in [2.24, 2.45) is 0 Å². The lowest BCUT2D eigenvalue weighted by Gasteiger charge is -2.20. The maximum atomic E-state index is 12.4. The van der Waals surface area contributed by atoms with Crippen LogP contribution in [0.5, 0.6) is 0 Å². The molecule has 2 unspecified atom stereocenters. The van der Waals surface area contributed by atoms with Crippen molar-refractivity contribution in [1.82, 2.24) is 0 Å². The molecule has 0 aliphatic rings. The van der Waals surface area contributed by atoms with E-state index >= 15 is 0 Å². The zero-order valence-corrected chi connectivity index (χ0v) is 38.0. The van der Waals surface area contributed by atoms with Gasteiger partial charge in [-0.25, -0.2) is 4.57 Å². The molecule has 0 saturated heterocycles. The fraction of sp³-hybridized carbons (Fsp3) is 0.957. The van der Waals surface area contributed by atoms with Gasteiger partial charge in [0, 0.05) is 12.8 Å². The number of hydrogen-bond donors (Lipinski definition) is 3. The molecule has 3 N–H and O–H groups in total. The van der Waals surface area contributed by atoms with Crippen LogP contribution in [0.3, 0.4) is 0 Å². The van der Waals surface area contributed by atoms with Gasteiger partial charge in [-0.2, -0.15) is 0 Å². The van der Waals surface area contributed by atoms with E-state index in [-0.39, 0.29) is 12.8 Å². The highest BCUT2D eigenvalue weighted by Crippen LogP contribution is 2.43. The minimum atomic E-state index is -4.63. The number of esters is 2. The van der Waals surface area contributed by atoms with Crippen LogP contribution in [0.15, 0.2) is 0 Å². The highest BCUT2D eigenvalue weighted by atomic mass is 31.2. The van der Waals surface area contributed by atoms with Crippen molar-refractivity contribution < 1.29 is 47.8 Å². The molecule has 0 heterocycles. The number of rotatable bonds is 46. The highest BCUT2D eigenvalue weighted by molar-refractivity contribution is 7.47. The van der Waals surface area contributed by atoms with Crippen molar-refractivity contribution in [2.45, 2.75) is 257 Å². The molecule has 0 bridgehead atoms. The van der Waals surface area contributed by atoms with E-state index in [1.54, 1.807) is 0 Å². The standard InChI is InChI=1S/C46H91O10P/c1-3-5-7-9-11-13-15-17-19-21-23-25-27-29-31-33-35-37-45(49)55-43(39-47)41-53-57(51,52)54-42-44(40-48)56-46(50)38-36-34-32-30-28-26-24-22-20-18-16-14-12-10-8-6-4-2/h43-44,47-48H,3-42H2,1-2H3,(H,51,52). The normalized spacial score (nSPS) is 13.7. The predicted octanol–water partition coefficient (Wildman–Crippen LogP) is 13.0. The molecule has 10 nitrogen and oxygen atoms in total. The molecule has 0 aromatic rings. The van der Waals surface area contributed by atoms with E-state index in [0.717, 1.165) is 38.5 Å². The lowest BCUT2D eigenvalue weighted by Crippen LogP contribution is -2.28. The number of ether oxygens (including phenoxy) is 2. The Balaban J connectivity index is 3.83. The Bertz CT molecular complexity index is 852. The molecule has 0 fully saturated rings. The average molecular weight is 835 g/mol.